The van der Waals surface area contributed by atoms with E-state index in [4.69, 9.17) is 19.3 Å². The van der Waals surface area contributed by atoms with Gasteiger partial charge < -0.3 is 24.2 Å². The second kappa shape index (κ2) is 6.36. The van der Waals surface area contributed by atoms with Crippen LogP contribution in [0.2, 0.25) is 0 Å². The van der Waals surface area contributed by atoms with Gasteiger partial charge in [-0.2, -0.15) is 0 Å². The topological polar surface area (TPSA) is 68.2 Å². The lowest BCUT2D eigenvalue weighted by molar-refractivity contribution is -0.0243. The van der Waals surface area contributed by atoms with Crippen molar-refractivity contribution in [3.63, 3.8) is 0 Å². The first kappa shape index (κ1) is 15.2. The van der Waals surface area contributed by atoms with E-state index in [1.807, 2.05) is 20.8 Å². The summed E-state index contributed by atoms with van der Waals surface area (Å²) in [5, 5.41) is 9.16. The fourth-order valence-corrected chi connectivity index (χ4v) is 1.64. The minimum atomic E-state index is -0.540. The van der Waals surface area contributed by atoms with Crippen LogP contribution in [-0.2, 0) is 14.2 Å². The number of ether oxygens (including phenoxy) is 3. The van der Waals surface area contributed by atoms with Crippen molar-refractivity contribution in [3.8, 4) is 0 Å². The summed E-state index contributed by atoms with van der Waals surface area (Å²) in [6.45, 7) is 6.40. The van der Waals surface area contributed by atoms with Crippen LogP contribution in [0.1, 0.15) is 20.8 Å². The SMILES string of the molecule is CO[C@H]1CO[C@H](CO)CN(C(=O)OC(C)(C)C)C1. The van der Waals surface area contributed by atoms with Gasteiger partial charge in [-0.05, 0) is 20.8 Å². The van der Waals surface area contributed by atoms with E-state index in [-0.39, 0.29) is 12.7 Å². The summed E-state index contributed by atoms with van der Waals surface area (Å²) < 4.78 is 16.0. The van der Waals surface area contributed by atoms with Gasteiger partial charge >= 0.3 is 6.09 Å². The lowest BCUT2D eigenvalue weighted by Gasteiger charge is -2.28. The average molecular weight is 261 g/mol. The molecular formula is C12H23NO5. The predicted octanol–water partition coefficient (Wildman–Crippen LogP) is 0.630. The van der Waals surface area contributed by atoms with Crippen LogP contribution in [-0.4, -0.2) is 67.3 Å². The highest BCUT2D eigenvalue weighted by atomic mass is 16.6. The van der Waals surface area contributed by atoms with E-state index < -0.39 is 17.8 Å². The molecule has 106 valence electrons. The molecule has 0 aromatic rings. The summed E-state index contributed by atoms with van der Waals surface area (Å²) in [7, 11) is 1.57. The lowest BCUT2D eigenvalue weighted by atomic mass is 10.2. The molecule has 0 saturated carbocycles. The van der Waals surface area contributed by atoms with E-state index in [0.29, 0.717) is 19.7 Å². The summed E-state index contributed by atoms with van der Waals surface area (Å²) in [6, 6.07) is 0. The molecular weight excluding hydrogens is 238 g/mol. The van der Waals surface area contributed by atoms with E-state index in [2.05, 4.69) is 0 Å². The summed E-state index contributed by atoms with van der Waals surface area (Å²) in [5.74, 6) is 0. The molecule has 18 heavy (non-hydrogen) atoms. The number of amides is 1. The Balaban J connectivity index is 2.67. The van der Waals surface area contributed by atoms with Gasteiger partial charge in [-0.1, -0.05) is 0 Å². The van der Waals surface area contributed by atoms with Gasteiger partial charge in [-0.3, -0.25) is 0 Å². The normalized spacial score (nSPS) is 25.7. The molecule has 2 atom stereocenters. The monoisotopic (exact) mass is 261 g/mol. The van der Waals surface area contributed by atoms with Crippen LogP contribution < -0.4 is 0 Å². The third kappa shape index (κ3) is 4.80. The van der Waals surface area contributed by atoms with Crippen molar-refractivity contribution in [1.82, 2.24) is 4.90 Å². The molecule has 1 heterocycles. The second-order valence-electron chi connectivity index (χ2n) is 5.38. The first-order valence-electron chi connectivity index (χ1n) is 6.09. The fourth-order valence-electron chi connectivity index (χ4n) is 1.64. The van der Waals surface area contributed by atoms with Crippen molar-refractivity contribution >= 4 is 6.09 Å². The lowest BCUT2D eigenvalue weighted by Crippen LogP contribution is -2.43. The predicted molar refractivity (Wildman–Crippen MR) is 65.4 cm³/mol. The van der Waals surface area contributed by atoms with Gasteiger partial charge in [0.05, 0.1) is 38.5 Å². The molecule has 1 rings (SSSR count). The molecule has 0 aromatic carbocycles. The largest absolute Gasteiger partial charge is 0.444 e. The minimum Gasteiger partial charge on any atom is -0.444 e. The molecule has 1 N–H and O–H groups in total. The molecule has 6 heteroatoms. The first-order chi connectivity index (χ1) is 8.35. The van der Waals surface area contributed by atoms with Gasteiger partial charge in [0.1, 0.15) is 5.60 Å². The van der Waals surface area contributed by atoms with Crippen molar-refractivity contribution in [2.24, 2.45) is 0 Å². The molecule has 6 nitrogen and oxygen atoms in total. The Labute approximate surface area is 108 Å². The number of aliphatic hydroxyl groups excluding tert-OH is 1. The van der Waals surface area contributed by atoms with Crippen LogP contribution in [0.5, 0.6) is 0 Å². The van der Waals surface area contributed by atoms with Gasteiger partial charge in [0, 0.05) is 7.11 Å². The second-order valence-corrected chi connectivity index (χ2v) is 5.38. The Kier molecular flexibility index (Phi) is 5.37. The van der Waals surface area contributed by atoms with Crippen LogP contribution in [0.25, 0.3) is 0 Å². The van der Waals surface area contributed by atoms with Crippen LogP contribution >= 0.6 is 0 Å². The standard InChI is InChI=1S/C12H23NO5/c1-12(2,3)18-11(15)13-5-9(7-14)17-8-10(6-13)16-4/h9-10,14H,5-8H2,1-4H3/t9-,10+/m0/s1. The van der Waals surface area contributed by atoms with E-state index in [9.17, 15) is 4.79 Å². The fraction of sp³-hybridized carbons (Fsp3) is 0.917. The third-order valence-corrected chi connectivity index (χ3v) is 2.55. The van der Waals surface area contributed by atoms with Crippen molar-refractivity contribution in [2.75, 3.05) is 33.4 Å². The van der Waals surface area contributed by atoms with Crippen LogP contribution in [0.3, 0.4) is 0 Å². The number of rotatable bonds is 2. The number of aliphatic hydroxyl groups is 1. The van der Waals surface area contributed by atoms with Crippen molar-refractivity contribution in [2.45, 2.75) is 38.6 Å². The zero-order chi connectivity index (χ0) is 13.8. The zero-order valence-corrected chi connectivity index (χ0v) is 11.5. The molecule has 1 aliphatic rings. The number of methoxy groups -OCH3 is 1. The number of hydrogen-bond acceptors (Lipinski definition) is 5. The van der Waals surface area contributed by atoms with E-state index in [1.54, 1.807) is 7.11 Å². The average Bonchev–Trinajstić information content (AvgIpc) is 2.48. The Bertz CT molecular complexity index is 262. The third-order valence-electron chi connectivity index (χ3n) is 2.55. The van der Waals surface area contributed by atoms with Gasteiger partial charge in [-0.25, -0.2) is 4.79 Å². The maximum Gasteiger partial charge on any atom is 0.410 e. The van der Waals surface area contributed by atoms with E-state index in [0.717, 1.165) is 0 Å². The Morgan fingerprint density at radius 1 is 1.44 bits per heavy atom. The number of carbonyl (C=O) groups excluding carboxylic acids is 1. The molecule has 0 aliphatic carbocycles. The maximum atomic E-state index is 12.0. The molecule has 1 amide bonds. The van der Waals surface area contributed by atoms with Crippen LogP contribution in [0, 0.1) is 0 Å². The molecule has 0 bridgehead atoms. The highest BCUT2D eigenvalue weighted by Gasteiger charge is 2.30. The van der Waals surface area contributed by atoms with Gasteiger partial charge in [0.25, 0.3) is 0 Å². The van der Waals surface area contributed by atoms with Gasteiger partial charge in [-0.15, -0.1) is 0 Å². The summed E-state index contributed by atoms with van der Waals surface area (Å²) in [6.07, 6.45) is -1.000. The smallest absolute Gasteiger partial charge is 0.410 e. The molecule has 0 aromatic heterocycles. The summed E-state index contributed by atoms with van der Waals surface area (Å²) >= 11 is 0. The minimum absolute atomic E-state index is 0.129. The van der Waals surface area contributed by atoms with Crippen molar-refractivity contribution < 1.29 is 24.1 Å². The van der Waals surface area contributed by atoms with E-state index >= 15 is 0 Å². The highest BCUT2D eigenvalue weighted by molar-refractivity contribution is 5.68. The Morgan fingerprint density at radius 3 is 2.61 bits per heavy atom. The first-order valence-corrected chi connectivity index (χ1v) is 6.09. The molecule has 0 radical (unpaired) electrons. The number of nitrogens with zero attached hydrogens (tertiary/aromatic N) is 1. The quantitative estimate of drug-likeness (QED) is 0.789. The summed E-state index contributed by atoms with van der Waals surface area (Å²) in [5.41, 5.74) is -0.540. The highest BCUT2D eigenvalue weighted by Crippen LogP contribution is 2.14. The molecule has 1 fully saturated rings. The summed E-state index contributed by atoms with van der Waals surface area (Å²) in [4.78, 5) is 13.5. The molecule has 1 aliphatic heterocycles. The maximum absolute atomic E-state index is 12.0. The van der Waals surface area contributed by atoms with Crippen LogP contribution in [0.15, 0.2) is 0 Å². The molecule has 1 saturated heterocycles. The Morgan fingerprint density at radius 2 is 2.11 bits per heavy atom. The Hall–Kier alpha value is -0.850. The van der Waals surface area contributed by atoms with Crippen molar-refractivity contribution in [3.05, 3.63) is 0 Å². The molecule has 0 unspecified atom stereocenters. The number of carbonyl (C=O) groups is 1. The van der Waals surface area contributed by atoms with Gasteiger partial charge in [0.15, 0.2) is 0 Å². The van der Waals surface area contributed by atoms with Gasteiger partial charge in [0.2, 0.25) is 0 Å². The van der Waals surface area contributed by atoms with Crippen LogP contribution in [0.4, 0.5) is 4.79 Å². The van der Waals surface area contributed by atoms with Crippen molar-refractivity contribution in [1.29, 1.82) is 0 Å². The zero-order valence-electron chi connectivity index (χ0n) is 11.5. The molecule has 0 spiro atoms. The number of hydrogen-bond donors (Lipinski definition) is 1. The van der Waals surface area contributed by atoms with E-state index in [1.165, 1.54) is 4.90 Å².